The minimum absolute atomic E-state index is 0.301. The Morgan fingerprint density at radius 2 is 2.00 bits per heavy atom. The minimum atomic E-state index is 0.301. The molecule has 1 aromatic carbocycles. The van der Waals surface area contributed by atoms with Gasteiger partial charge in [0.25, 0.3) is 0 Å². The molecule has 1 aromatic heterocycles. The Balaban J connectivity index is 2.35. The summed E-state index contributed by atoms with van der Waals surface area (Å²) in [6.07, 6.45) is 0. The summed E-state index contributed by atoms with van der Waals surface area (Å²) in [5.41, 5.74) is 0.487. The highest BCUT2D eigenvalue weighted by atomic mass is 35.5. The standard InChI is InChI=1S/C13H10ClN3O2/c1-8-16-12(14)6-13(17-8)19-10-4-3-9(7-15)5-11(10)18-2/h3-6H,1-2H3. The number of hydrogen-bond donors (Lipinski definition) is 0. The van der Waals surface area contributed by atoms with Gasteiger partial charge in [0.2, 0.25) is 5.88 Å². The molecule has 0 saturated heterocycles. The fourth-order valence-electron chi connectivity index (χ4n) is 1.49. The van der Waals surface area contributed by atoms with Crippen LogP contribution < -0.4 is 9.47 Å². The van der Waals surface area contributed by atoms with Crippen LogP contribution >= 0.6 is 11.6 Å². The average molecular weight is 276 g/mol. The maximum Gasteiger partial charge on any atom is 0.224 e. The molecule has 0 amide bonds. The highest BCUT2D eigenvalue weighted by Crippen LogP contribution is 2.31. The van der Waals surface area contributed by atoms with E-state index in [4.69, 9.17) is 26.3 Å². The summed E-state index contributed by atoms with van der Waals surface area (Å²) in [6.45, 7) is 1.72. The lowest BCUT2D eigenvalue weighted by Crippen LogP contribution is -1.95. The predicted octanol–water partition coefficient (Wildman–Crippen LogP) is 3.11. The van der Waals surface area contributed by atoms with E-state index in [1.807, 2.05) is 6.07 Å². The lowest BCUT2D eigenvalue weighted by Gasteiger charge is -2.10. The third-order valence-electron chi connectivity index (χ3n) is 2.29. The van der Waals surface area contributed by atoms with Crippen LogP contribution in [0.5, 0.6) is 17.4 Å². The number of ether oxygens (including phenoxy) is 2. The highest BCUT2D eigenvalue weighted by molar-refractivity contribution is 6.29. The molecular weight excluding hydrogens is 266 g/mol. The van der Waals surface area contributed by atoms with Crippen molar-refractivity contribution in [1.82, 2.24) is 9.97 Å². The summed E-state index contributed by atoms with van der Waals surface area (Å²) in [4.78, 5) is 8.05. The Hall–Kier alpha value is -2.32. The van der Waals surface area contributed by atoms with Gasteiger partial charge in [-0.1, -0.05) is 11.6 Å². The van der Waals surface area contributed by atoms with Gasteiger partial charge in [0, 0.05) is 12.1 Å². The van der Waals surface area contributed by atoms with Gasteiger partial charge in [0.1, 0.15) is 11.0 Å². The van der Waals surface area contributed by atoms with Crippen LogP contribution in [0.15, 0.2) is 24.3 Å². The number of hydrogen-bond acceptors (Lipinski definition) is 5. The molecule has 19 heavy (non-hydrogen) atoms. The Labute approximate surface area is 115 Å². The Bertz CT molecular complexity index is 633. The normalized spacial score (nSPS) is 9.79. The third kappa shape index (κ3) is 3.12. The summed E-state index contributed by atoms with van der Waals surface area (Å²) in [7, 11) is 1.50. The van der Waals surface area contributed by atoms with Crippen LogP contribution in [-0.4, -0.2) is 17.1 Å². The smallest absolute Gasteiger partial charge is 0.224 e. The molecule has 0 atom stereocenters. The van der Waals surface area contributed by atoms with Crippen molar-refractivity contribution in [3.63, 3.8) is 0 Å². The second kappa shape index (κ2) is 5.55. The summed E-state index contributed by atoms with van der Waals surface area (Å²) in [6, 6.07) is 8.40. The van der Waals surface area contributed by atoms with Crippen molar-refractivity contribution in [3.05, 3.63) is 40.8 Å². The molecule has 0 radical (unpaired) electrons. The molecule has 2 aromatic rings. The van der Waals surface area contributed by atoms with E-state index >= 15 is 0 Å². The summed E-state index contributed by atoms with van der Waals surface area (Å²) in [5, 5.41) is 9.13. The molecule has 0 bridgehead atoms. The molecular formula is C13H10ClN3O2. The number of halogens is 1. The third-order valence-corrected chi connectivity index (χ3v) is 2.48. The molecule has 0 aliphatic heterocycles. The van der Waals surface area contributed by atoms with Crippen molar-refractivity contribution < 1.29 is 9.47 Å². The van der Waals surface area contributed by atoms with Crippen molar-refractivity contribution in [3.8, 4) is 23.4 Å². The molecule has 0 fully saturated rings. The number of aromatic nitrogens is 2. The predicted molar refractivity (Wildman–Crippen MR) is 69.6 cm³/mol. The number of benzene rings is 1. The van der Waals surface area contributed by atoms with Crippen molar-refractivity contribution in [1.29, 1.82) is 5.26 Å². The zero-order valence-electron chi connectivity index (χ0n) is 10.3. The fourth-order valence-corrected chi connectivity index (χ4v) is 1.71. The number of aryl methyl sites for hydroxylation is 1. The Kier molecular flexibility index (Phi) is 3.83. The van der Waals surface area contributed by atoms with Crippen molar-refractivity contribution >= 4 is 11.6 Å². The molecule has 0 saturated carbocycles. The topological polar surface area (TPSA) is 68.0 Å². The zero-order valence-corrected chi connectivity index (χ0v) is 11.1. The van der Waals surface area contributed by atoms with Crippen LogP contribution in [0.2, 0.25) is 5.15 Å². The van der Waals surface area contributed by atoms with Crippen molar-refractivity contribution in [2.45, 2.75) is 6.92 Å². The molecule has 0 aliphatic carbocycles. The van der Waals surface area contributed by atoms with Gasteiger partial charge in [-0.25, -0.2) is 4.98 Å². The molecule has 5 nitrogen and oxygen atoms in total. The van der Waals surface area contributed by atoms with Gasteiger partial charge in [0.15, 0.2) is 11.5 Å². The molecule has 0 spiro atoms. The van der Waals surface area contributed by atoms with Gasteiger partial charge in [-0.05, 0) is 19.1 Å². The molecule has 0 unspecified atom stereocenters. The molecule has 6 heteroatoms. The highest BCUT2D eigenvalue weighted by Gasteiger charge is 2.09. The quantitative estimate of drug-likeness (QED) is 0.805. The van der Waals surface area contributed by atoms with E-state index < -0.39 is 0 Å². The molecule has 96 valence electrons. The minimum Gasteiger partial charge on any atom is -0.493 e. The van der Waals surface area contributed by atoms with Crippen LogP contribution in [0.25, 0.3) is 0 Å². The van der Waals surface area contributed by atoms with Crippen LogP contribution in [0, 0.1) is 18.3 Å². The van der Waals surface area contributed by atoms with E-state index in [9.17, 15) is 0 Å². The van der Waals surface area contributed by atoms with Crippen LogP contribution in [0.3, 0.4) is 0 Å². The SMILES string of the molecule is COc1cc(C#N)ccc1Oc1cc(Cl)nc(C)n1. The monoisotopic (exact) mass is 275 g/mol. The Morgan fingerprint density at radius 3 is 2.63 bits per heavy atom. The van der Waals surface area contributed by atoms with Crippen LogP contribution in [-0.2, 0) is 0 Å². The summed E-state index contributed by atoms with van der Waals surface area (Å²) in [5.74, 6) is 1.73. The van der Waals surface area contributed by atoms with E-state index in [0.717, 1.165) is 0 Å². The number of nitrogens with zero attached hydrogens (tertiary/aromatic N) is 3. The average Bonchev–Trinajstić information content (AvgIpc) is 2.38. The second-order valence-electron chi connectivity index (χ2n) is 3.66. The first-order valence-electron chi connectivity index (χ1n) is 5.39. The van der Waals surface area contributed by atoms with Crippen LogP contribution in [0.1, 0.15) is 11.4 Å². The van der Waals surface area contributed by atoms with Gasteiger partial charge in [-0.3, -0.25) is 0 Å². The maximum atomic E-state index is 8.83. The number of nitriles is 1. The van der Waals surface area contributed by atoms with Crippen molar-refractivity contribution in [2.75, 3.05) is 7.11 Å². The Morgan fingerprint density at radius 1 is 1.21 bits per heavy atom. The van der Waals surface area contributed by atoms with Gasteiger partial charge in [0.05, 0.1) is 18.7 Å². The molecule has 0 aliphatic rings. The van der Waals surface area contributed by atoms with E-state index in [1.165, 1.54) is 13.2 Å². The summed E-state index contributed by atoms with van der Waals surface area (Å²) >= 11 is 5.83. The largest absolute Gasteiger partial charge is 0.493 e. The van der Waals surface area contributed by atoms with Gasteiger partial charge < -0.3 is 9.47 Å². The van der Waals surface area contributed by atoms with E-state index in [2.05, 4.69) is 9.97 Å². The van der Waals surface area contributed by atoms with Gasteiger partial charge in [-0.15, -0.1) is 0 Å². The molecule has 2 rings (SSSR count). The van der Waals surface area contributed by atoms with Gasteiger partial charge in [-0.2, -0.15) is 10.2 Å². The lowest BCUT2D eigenvalue weighted by atomic mass is 10.2. The summed E-state index contributed by atoms with van der Waals surface area (Å²) < 4.78 is 10.8. The lowest BCUT2D eigenvalue weighted by molar-refractivity contribution is 0.373. The van der Waals surface area contributed by atoms with E-state index in [-0.39, 0.29) is 0 Å². The first-order valence-corrected chi connectivity index (χ1v) is 5.77. The van der Waals surface area contributed by atoms with Crippen molar-refractivity contribution in [2.24, 2.45) is 0 Å². The number of rotatable bonds is 3. The zero-order chi connectivity index (χ0) is 13.8. The number of methoxy groups -OCH3 is 1. The van der Waals surface area contributed by atoms with E-state index in [0.29, 0.717) is 33.9 Å². The van der Waals surface area contributed by atoms with E-state index in [1.54, 1.807) is 25.1 Å². The molecule has 0 N–H and O–H groups in total. The maximum absolute atomic E-state index is 8.83. The first-order chi connectivity index (χ1) is 9.12. The molecule has 1 heterocycles. The van der Waals surface area contributed by atoms with Gasteiger partial charge >= 0.3 is 0 Å². The fraction of sp³-hybridized carbons (Fsp3) is 0.154. The first kappa shape index (κ1) is 13.1. The van der Waals surface area contributed by atoms with Crippen LogP contribution in [0.4, 0.5) is 0 Å². The second-order valence-corrected chi connectivity index (χ2v) is 4.04.